The number of β-lactam (4-membered cyclic amide) rings is 1. The number of carbonyl (C=O) groups is 2. The first-order valence-electron chi connectivity index (χ1n) is 8.17. The van der Waals surface area contributed by atoms with E-state index in [1.807, 2.05) is 12.3 Å². The Labute approximate surface area is 167 Å². The zero-order valence-electron chi connectivity index (χ0n) is 14.5. The fourth-order valence-electron chi connectivity index (χ4n) is 2.80. The molecule has 3 heterocycles. The molecule has 1 saturated heterocycles. The molecule has 10 heteroatoms. The van der Waals surface area contributed by atoms with E-state index in [2.05, 4.69) is 4.98 Å². The number of thioether (sulfide) groups is 1. The maximum atomic E-state index is 12.5. The Hall–Kier alpha value is -2.98. The van der Waals surface area contributed by atoms with Crippen LogP contribution >= 0.6 is 23.1 Å². The standard InChI is InChI=1S/C18H13N3O5S2/c1-10-19-12(8-27-10)6-14-16(22)20-15(9-28-17(14)20)18(23)26-7-11-2-4-13(5-3-11)21(24)25/h2-6,8-9,17H,7H2,1H3/t17-/m1/s1. The monoisotopic (exact) mass is 415 g/mol. The molecule has 2 aliphatic heterocycles. The Kier molecular flexibility index (Phi) is 4.73. The number of nitro groups is 1. The van der Waals surface area contributed by atoms with Crippen LogP contribution in [0, 0.1) is 17.0 Å². The minimum atomic E-state index is -0.606. The molecule has 4 rings (SSSR count). The Morgan fingerprint density at radius 1 is 1.39 bits per heavy atom. The number of thiazole rings is 1. The van der Waals surface area contributed by atoms with Crippen LogP contribution in [0.25, 0.3) is 6.08 Å². The van der Waals surface area contributed by atoms with Gasteiger partial charge < -0.3 is 4.74 Å². The molecule has 2 aromatic rings. The largest absolute Gasteiger partial charge is 0.456 e. The fraction of sp³-hybridized carbons (Fsp3) is 0.167. The third-order valence-corrected chi connectivity index (χ3v) is 6.07. The molecule has 1 fully saturated rings. The summed E-state index contributed by atoms with van der Waals surface area (Å²) in [4.78, 5) is 40.7. The van der Waals surface area contributed by atoms with Gasteiger partial charge in [-0.25, -0.2) is 9.78 Å². The van der Waals surface area contributed by atoms with Crippen LogP contribution in [0.5, 0.6) is 0 Å². The first kappa shape index (κ1) is 18.4. The number of nitro benzene ring substituents is 1. The number of amides is 1. The summed E-state index contributed by atoms with van der Waals surface area (Å²) in [6, 6.07) is 5.75. The normalized spacial score (nSPS) is 19.2. The van der Waals surface area contributed by atoms with E-state index in [0.29, 0.717) is 11.1 Å². The van der Waals surface area contributed by atoms with Crippen LogP contribution in [0.15, 0.2) is 46.3 Å². The van der Waals surface area contributed by atoms with E-state index < -0.39 is 10.9 Å². The van der Waals surface area contributed by atoms with Crippen molar-refractivity contribution in [1.29, 1.82) is 0 Å². The highest BCUT2D eigenvalue weighted by Crippen LogP contribution is 2.45. The molecular formula is C18H13N3O5S2. The average molecular weight is 415 g/mol. The molecule has 8 nitrogen and oxygen atoms in total. The van der Waals surface area contributed by atoms with E-state index in [0.717, 1.165) is 10.7 Å². The summed E-state index contributed by atoms with van der Waals surface area (Å²) < 4.78 is 5.26. The van der Waals surface area contributed by atoms with Gasteiger partial charge in [-0.15, -0.1) is 23.1 Å². The van der Waals surface area contributed by atoms with Crippen LogP contribution < -0.4 is 0 Å². The maximum Gasteiger partial charge on any atom is 0.355 e. The minimum absolute atomic E-state index is 0.0337. The highest BCUT2D eigenvalue weighted by atomic mass is 32.2. The number of non-ortho nitro benzene ring substituents is 1. The van der Waals surface area contributed by atoms with E-state index in [-0.39, 0.29) is 29.3 Å². The van der Waals surface area contributed by atoms with E-state index >= 15 is 0 Å². The number of hydrogen-bond acceptors (Lipinski definition) is 8. The van der Waals surface area contributed by atoms with Gasteiger partial charge in [0.05, 0.1) is 21.2 Å². The van der Waals surface area contributed by atoms with Crippen molar-refractivity contribution in [3.63, 3.8) is 0 Å². The number of esters is 1. The third-order valence-electron chi connectivity index (χ3n) is 4.20. The third kappa shape index (κ3) is 3.32. The smallest absolute Gasteiger partial charge is 0.355 e. The Balaban J connectivity index is 1.38. The lowest BCUT2D eigenvalue weighted by atomic mass is 10.0. The zero-order valence-corrected chi connectivity index (χ0v) is 16.2. The number of aryl methyl sites for hydroxylation is 1. The Bertz CT molecular complexity index is 1040. The first-order chi connectivity index (χ1) is 13.4. The number of benzene rings is 1. The summed E-state index contributed by atoms with van der Waals surface area (Å²) >= 11 is 2.88. The molecule has 1 aromatic carbocycles. The van der Waals surface area contributed by atoms with Crippen molar-refractivity contribution in [2.45, 2.75) is 18.9 Å². The second-order valence-corrected chi connectivity index (χ2v) is 8.07. The summed E-state index contributed by atoms with van der Waals surface area (Å²) in [7, 11) is 0. The molecule has 28 heavy (non-hydrogen) atoms. The van der Waals surface area contributed by atoms with Crippen molar-refractivity contribution in [3.05, 3.63) is 72.7 Å². The molecule has 0 aliphatic carbocycles. The van der Waals surface area contributed by atoms with Gasteiger partial charge >= 0.3 is 5.97 Å². The number of aromatic nitrogens is 1. The summed E-state index contributed by atoms with van der Waals surface area (Å²) in [5.41, 5.74) is 2.13. The highest BCUT2D eigenvalue weighted by molar-refractivity contribution is 8.03. The van der Waals surface area contributed by atoms with Crippen LogP contribution in [0.1, 0.15) is 16.3 Å². The molecule has 0 radical (unpaired) electrons. The second kappa shape index (κ2) is 7.21. The van der Waals surface area contributed by atoms with Gasteiger partial charge in [-0.2, -0.15) is 0 Å². The van der Waals surface area contributed by atoms with E-state index in [1.165, 1.54) is 52.3 Å². The topological polar surface area (TPSA) is 103 Å². The van der Waals surface area contributed by atoms with Crippen LogP contribution in [0.4, 0.5) is 5.69 Å². The van der Waals surface area contributed by atoms with Crippen molar-refractivity contribution in [2.75, 3.05) is 0 Å². The molecule has 0 unspecified atom stereocenters. The van der Waals surface area contributed by atoms with Crippen LogP contribution in [-0.2, 0) is 20.9 Å². The van der Waals surface area contributed by atoms with Crippen LogP contribution in [0.3, 0.4) is 0 Å². The lowest BCUT2D eigenvalue weighted by molar-refractivity contribution is -0.384. The van der Waals surface area contributed by atoms with Crippen LogP contribution in [0.2, 0.25) is 0 Å². The van der Waals surface area contributed by atoms with Crippen molar-refractivity contribution in [2.24, 2.45) is 0 Å². The molecule has 1 amide bonds. The van der Waals surface area contributed by atoms with Gasteiger partial charge in [0.1, 0.15) is 17.7 Å². The summed E-state index contributed by atoms with van der Waals surface area (Å²) in [6.07, 6.45) is 1.75. The maximum absolute atomic E-state index is 12.5. The highest BCUT2D eigenvalue weighted by Gasteiger charge is 2.49. The zero-order chi connectivity index (χ0) is 19.8. The molecule has 142 valence electrons. The molecule has 0 spiro atoms. The molecular weight excluding hydrogens is 402 g/mol. The molecule has 0 N–H and O–H groups in total. The van der Waals surface area contributed by atoms with E-state index in [1.54, 1.807) is 11.5 Å². The van der Waals surface area contributed by atoms with Gasteiger partial charge in [0.15, 0.2) is 0 Å². The first-order valence-corrected chi connectivity index (χ1v) is 9.99. The van der Waals surface area contributed by atoms with Crippen molar-refractivity contribution in [1.82, 2.24) is 9.88 Å². The lowest BCUT2D eigenvalue weighted by Gasteiger charge is -2.37. The Morgan fingerprint density at radius 3 is 2.79 bits per heavy atom. The van der Waals surface area contributed by atoms with Gasteiger partial charge in [0, 0.05) is 22.9 Å². The molecule has 0 saturated carbocycles. The van der Waals surface area contributed by atoms with Crippen LogP contribution in [-0.4, -0.2) is 32.1 Å². The van der Waals surface area contributed by atoms with Gasteiger partial charge in [0.2, 0.25) is 0 Å². The molecule has 2 aliphatic rings. The number of nitrogens with zero attached hydrogens (tertiary/aromatic N) is 3. The summed E-state index contributed by atoms with van der Waals surface area (Å²) in [5, 5.41) is 14.8. The number of fused-ring (bicyclic) bond motifs is 1. The number of carbonyl (C=O) groups excluding carboxylic acids is 2. The lowest BCUT2D eigenvalue weighted by Crippen LogP contribution is -2.51. The fourth-order valence-corrected chi connectivity index (χ4v) is 4.49. The second-order valence-electron chi connectivity index (χ2n) is 6.06. The summed E-state index contributed by atoms with van der Waals surface area (Å²) in [5.74, 6) is -0.843. The SMILES string of the molecule is Cc1nc(C=C2C(=O)N3C(C(=O)OCc4ccc([N+](=O)[O-])cc4)=CS[C@H]23)cs1. The van der Waals surface area contributed by atoms with Crippen molar-refractivity contribution < 1.29 is 19.2 Å². The number of ether oxygens (including phenoxy) is 1. The molecule has 1 atom stereocenters. The average Bonchev–Trinajstić information content (AvgIpc) is 3.28. The van der Waals surface area contributed by atoms with Crippen molar-refractivity contribution >= 4 is 46.7 Å². The van der Waals surface area contributed by atoms with Gasteiger partial charge in [-0.3, -0.25) is 19.8 Å². The van der Waals surface area contributed by atoms with Crippen molar-refractivity contribution in [3.8, 4) is 0 Å². The quantitative estimate of drug-likeness (QED) is 0.243. The molecule has 0 bridgehead atoms. The predicted octanol–water partition coefficient (Wildman–Crippen LogP) is 3.24. The number of rotatable bonds is 5. The predicted molar refractivity (Wildman–Crippen MR) is 104 cm³/mol. The van der Waals surface area contributed by atoms with E-state index in [9.17, 15) is 19.7 Å². The van der Waals surface area contributed by atoms with Gasteiger partial charge in [0.25, 0.3) is 11.6 Å². The van der Waals surface area contributed by atoms with Gasteiger partial charge in [-0.05, 0) is 30.7 Å². The molecule has 1 aromatic heterocycles. The van der Waals surface area contributed by atoms with Gasteiger partial charge in [-0.1, -0.05) is 0 Å². The minimum Gasteiger partial charge on any atom is -0.456 e. The Morgan fingerprint density at radius 2 is 2.14 bits per heavy atom. The van der Waals surface area contributed by atoms with E-state index in [4.69, 9.17) is 4.74 Å². The summed E-state index contributed by atoms with van der Waals surface area (Å²) in [6.45, 7) is 1.86. The number of hydrogen-bond donors (Lipinski definition) is 0.